The van der Waals surface area contributed by atoms with Crippen LogP contribution in [-0.4, -0.2) is 107 Å². The van der Waals surface area contributed by atoms with Gasteiger partial charge in [-0.1, -0.05) is 0 Å². The Morgan fingerprint density at radius 1 is 1.00 bits per heavy atom. The lowest BCUT2D eigenvalue weighted by atomic mass is 9.87. The van der Waals surface area contributed by atoms with E-state index >= 15 is 0 Å². The topological polar surface area (TPSA) is 96.2 Å². The molecule has 11 nitrogen and oxygen atoms in total. The van der Waals surface area contributed by atoms with Gasteiger partial charge in [-0.15, -0.1) is 0 Å². The summed E-state index contributed by atoms with van der Waals surface area (Å²) < 4.78 is 49.3. The van der Waals surface area contributed by atoms with Crippen molar-refractivity contribution in [1.29, 1.82) is 0 Å². The number of hydrogen-bond acceptors (Lipinski definition) is 10. The molecule has 0 aromatic carbocycles. The van der Waals surface area contributed by atoms with Crippen LogP contribution < -0.4 is 9.64 Å². The van der Waals surface area contributed by atoms with E-state index in [1.54, 1.807) is 0 Å². The first-order valence-corrected chi connectivity index (χ1v) is 18.7. The van der Waals surface area contributed by atoms with Gasteiger partial charge in [0.25, 0.3) is 0 Å². The highest BCUT2D eigenvalue weighted by molar-refractivity contribution is 14.1. The van der Waals surface area contributed by atoms with Gasteiger partial charge in [-0.2, -0.15) is 15.1 Å². The molecule has 47 heavy (non-hydrogen) atoms. The molecule has 6 aliphatic rings. The van der Waals surface area contributed by atoms with Gasteiger partial charge in [-0.25, -0.2) is 9.07 Å². The zero-order chi connectivity index (χ0) is 32.4. The summed E-state index contributed by atoms with van der Waals surface area (Å²) in [4.78, 5) is 14.9. The van der Waals surface area contributed by atoms with E-state index in [-0.39, 0.29) is 18.1 Å². The first kappa shape index (κ1) is 32.5. The maximum atomic E-state index is 14.6. The third-order valence-corrected chi connectivity index (χ3v) is 12.2. The number of aromatic nitrogens is 4. The molecule has 2 aromatic rings. The highest BCUT2D eigenvalue weighted by Gasteiger charge is 2.50. The average Bonchev–Trinajstić information content (AvgIpc) is 3.72. The number of nitrogens with zero attached hydrogens (tertiary/aromatic N) is 6. The van der Waals surface area contributed by atoms with Gasteiger partial charge in [-0.3, -0.25) is 4.90 Å². The Morgan fingerprint density at radius 3 is 2.62 bits per heavy atom. The number of halogens is 2. The van der Waals surface area contributed by atoms with E-state index in [4.69, 9.17) is 38.8 Å². The van der Waals surface area contributed by atoms with Crippen molar-refractivity contribution in [2.24, 2.45) is 0 Å². The van der Waals surface area contributed by atoms with Crippen molar-refractivity contribution in [3.8, 4) is 17.3 Å². The summed E-state index contributed by atoms with van der Waals surface area (Å²) in [6.45, 7) is 12.0. The molecule has 13 heteroatoms. The lowest BCUT2D eigenvalue weighted by Crippen LogP contribution is -2.48. The van der Waals surface area contributed by atoms with Crippen molar-refractivity contribution in [3.63, 3.8) is 0 Å². The highest BCUT2D eigenvalue weighted by Crippen LogP contribution is 2.53. The number of alkyl halides is 1. The molecule has 258 valence electrons. The standard InChI is InChI=1S/C34H48FIN6O5/c1-32(2)26-27(39-42(29(26)36)23-9-4-6-14-44-23)25-28(32)37-31(46-21-34-11-8-12-41(34)18-22(35)17-34)38-30(25)40-13-16-43-20-33(3,19-40)47-24-10-5-7-15-45-24/h22-24H,4-21H2,1-3H3/t22-,23?,24?,33+,34+/m1/s1. The van der Waals surface area contributed by atoms with Gasteiger partial charge >= 0.3 is 6.01 Å². The monoisotopic (exact) mass is 766 g/mol. The van der Waals surface area contributed by atoms with E-state index < -0.39 is 17.2 Å². The average molecular weight is 767 g/mol. The molecule has 2 unspecified atom stereocenters. The maximum Gasteiger partial charge on any atom is 0.318 e. The van der Waals surface area contributed by atoms with Gasteiger partial charge in [-0.05, 0) is 101 Å². The van der Waals surface area contributed by atoms with E-state index in [1.807, 2.05) is 0 Å². The smallest absolute Gasteiger partial charge is 0.318 e. The van der Waals surface area contributed by atoms with Crippen LogP contribution in [0.2, 0.25) is 0 Å². The van der Waals surface area contributed by atoms with Gasteiger partial charge < -0.3 is 28.6 Å². The maximum absolute atomic E-state index is 14.6. The summed E-state index contributed by atoms with van der Waals surface area (Å²) >= 11 is 2.44. The van der Waals surface area contributed by atoms with Crippen molar-refractivity contribution in [2.75, 3.05) is 64.1 Å². The van der Waals surface area contributed by atoms with Gasteiger partial charge in [0.1, 0.15) is 33.6 Å². The van der Waals surface area contributed by atoms with Crippen LogP contribution in [0.15, 0.2) is 0 Å². The summed E-state index contributed by atoms with van der Waals surface area (Å²) in [5, 5.41) is 5.26. The first-order valence-electron chi connectivity index (χ1n) is 17.6. The molecule has 2 aromatic heterocycles. The van der Waals surface area contributed by atoms with E-state index in [9.17, 15) is 4.39 Å². The van der Waals surface area contributed by atoms with Crippen molar-refractivity contribution in [1.82, 2.24) is 24.6 Å². The highest BCUT2D eigenvalue weighted by atomic mass is 127. The van der Waals surface area contributed by atoms with E-state index in [2.05, 4.69) is 57.8 Å². The van der Waals surface area contributed by atoms with Gasteiger partial charge in [0.05, 0.1) is 36.6 Å². The Labute approximate surface area is 290 Å². The van der Waals surface area contributed by atoms with Crippen molar-refractivity contribution >= 4 is 28.4 Å². The van der Waals surface area contributed by atoms with Crippen LogP contribution >= 0.6 is 22.6 Å². The summed E-state index contributed by atoms with van der Waals surface area (Å²) in [7, 11) is 0. The van der Waals surface area contributed by atoms with Crippen LogP contribution in [0.3, 0.4) is 0 Å². The molecule has 0 spiro atoms. The molecular weight excluding hydrogens is 718 g/mol. The fourth-order valence-corrected chi connectivity index (χ4v) is 10.1. The Balaban J connectivity index is 1.19. The molecule has 0 saturated carbocycles. The van der Waals surface area contributed by atoms with Crippen molar-refractivity contribution in [2.45, 2.75) is 114 Å². The molecule has 5 aliphatic heterocycles. The van der Waals surface area contributed by atoms with Gasteiger partial charge in [0.15, 0.2) is 12.5 Å². The second-order valence-electron chi connectivity index (χ2n) is 15.2. The fraction of sp³-hybridized carbons (Fsp3) is 0.794. The van der Waals surface area contributed by atoms with Gasteiger partial charge in [0, 0.05) is 43.7 Å². The number of ether oxygens (including phenoxy) is 5. The van der Waals surface area contributed by atoms with Crippen LogP contribution in [0.25, 0.3) is 11.3 Å². The van der Waals surface area contributed by atoms with E-state index in [0.29, 0.717) is 51.9 Å². The van der Waals surface area contributed by atoms with Crippen LogP contribution in [0, 0.1) is 3.70 Å². The third kappa shape index (κ3) is 5.88. The molecule has 0 N–H and O–H groups in total. The summed E-state index contributed by atoms with van der Waals surface area (Å²) in [6, 6.07) is 0.336. The molecule has 8 rings (SSSR count). The first-order chi connectivity index (χ1) is 22.7. The molecule has 0 bridgehead atoms. The summed E-state index contributed by atoms with van der Waals surface area (Å²) in [5.41, 5.74) is 2.55. The predicted octanol–water partition coefficient (Wildman–Crippen LogP) is 5.38. The molecule has 5 saturated heterocycles. The van der Waals surface area contributed by atoms with E-state index in [1.165, 1.54) is 0 Å². The SMILES string of the molecule is CC1(C)c2nc(OC[C@@]34CCCN3C[C@H](F)C4)nc(N3CCOC[C@@](C)(OC4CCCCO4)C3)c2-c2nn(C3CCCCO3)c(I)c21. The zero-order valence-corrected chi connectivity index (χ0v) is 30.1. The van der Waals surface area contributed by atoms with Crippen molar-refractivity contribution in [3.05, 3.63) is 15.0 Å². The van der Waals surface area contributed by atoms with Crippen LogP contribution in [0.5, 0.6) is 6.01 Å². The molecule has 0 amide bonds. The predicted molar refractivity (Wildman–Crippen MR) is 182 cm³/mol. The minimum absolute atomic E-state index is 0.0781. The number of anilines is 1. The number of hydrogen-bond donors (Lipinski definition) is 0. The molecule has 1 aliphatic carbocycles. The Hall–Kier alpha value is -1.65. The lowest BCUT2D eigenvalue weighted by Gasteiger charge is -2.37. The quantitative estimate of drug-likeness (QED) is 0.343. The molecular formula is C34H48FIN6O5. The Bertz CT molecular complexity index is 1480. The molecule has 7 heterocycles. The Kier molecular flexibility index (Phi) is 8.72. The summed E-state index contributed by atoms with van der Waals surface area (Å²) in [5.74, 6) is 0.780. The number of rotatable bonds is 7. The van der Waals surface area contributed by atoms with Crippen LogP contribution in [0.1, 0.15) is 96.0 Å². The molecule has 5 atom stereocenters. The fourth-order valence-electron chi connectivity index (χ4n) is 8.77. The summed E-state index contributed by atoms with van der Waals surface area (Å²) in [6.07, 6.45) is 7.54. The normalized spacial score (nSPS) is 33.8. The van der Waals surface area contributed by atoms with E-state index in [0.717, 1.165) is 103 Å². The molecule has 5 fully saturated rings. The Morgan fingerprint density at radius 2 is 1.83 bits per heavy atom. The third-order valence-electron chi connectivity index (χ3n) is 11.1. The number of fused-ring (bicyclic) bond motifs is 4. The molecule has 0 radical (unpaired) electrons. The second kappa shape index (κ2) is 12.6. The van der Waals surface area contributed by atoms with Crippen LogP contribution in [0.4, 0.5) is 10.2 Å². The zero-order valence-electron chi connectivity index (χ0n) is 27.9. The van der Waals surface area contributed by atoms with Crippen LogP contribution in [-0.2, 0) is 24.4 Å². The minimum atomic E-state index is -0.820. The lowest BCUT2D eigenvalue weighted by molar-refractivity contribution is -0.227. The van der Waals surface area contributed by atoms with Gasteiger partial charge in [0.2, 0.25) is 0 Å². The largest absolute Gasteiger partial charge is 0.461 e. The second-order valence-corrected chi connectivity index (χ2v) is 16.2. The minimum Gasteiger partial charge on any atom is -0.461 e. The van der Waals surface area contributed by atoms with Crippen molar-refractivity contribution < 1.29 is 28.1 Å².